The van der Waals surface area contributed by atoms with Crippen LogP contribution in [0.15, 0.2) is 48.8 Å². The zero-order valence-electron chi connectivity index (χ0n) is 9.43. The van der Waals surface area contributed by atoms with Crippen LogP contribution in [-0.2, 0) is 0 Å². The van der Waals surface area contributed by atoms with Gasteiger partial charge in [-0.1, -0.05) is 12.1 Å². The van der Waals surface area contributed by atoms with Crippen molar-refractivity contribution in [3.05, 3.63) is 59.9 Å². The molecule has 1 aromatic heterocycles. The van der Waals surface area contributed by atoms with Gasteiger partial charge in [-0.3, -0.25) is 4.98 Å². The molecule has 2 nitrogen and oxygen atoms in total. The molecule has 0 saturated carbocycles. The summed E-state index contributed by atoms with van der Waals surface area (Å²) >= 11 is 0. The van der Waals surface area contributed by atoms with Crippen molar-refractivity contribution in [3.8, 4) is 5.75 Å². The van der Waals surface area contributed by atoms with Gasteiger partial charge in [-0.05, 0) is 35.9 Å². The molecule has 0 N–H and O–H groups in total. The third kappa shape index (κ3) is 2.91. The van der Waals surface area contributed by atoms with Gasteiger partial charge in [0.15, 0.2) is 0 Å². The van der Waals surface area contributed by atoms with Gasteiger partial charge in [0.2, 0.25) is 0 Å². The quantitative estimate of drug-likeness (QED) is 0.802. The van der Waals surface area contributed by atoms with Crippen LogP contribution in [0.5, 0.6) is 5.75 Å². The van der Waals surface area contributed by atoms with Gasteiger partial charge in [0.25, 0.3) is 0 Å². The fraction of sp³-hybridized carbons (Fsp3) is 0.0714. The molecule has 0 aliphatic heterocycles. The van der Waals surface area contributed by atoms with E-state index in [9.17, 15) is 4.39 Å². The molecule has 17 heavy (non-hydrogen) atoms. The number of hydrogen-bond donors (Lipinski definition) is 0. The van der Waals surface area contributed by atoms with E-state index < -0.39 is 0 Å². The molecule has 0 radical (unpaired) electrons. The van der Waals surface area contributed by atoms with Gasteiger partial charge in [-0.2, -0.15) is 0 Å². The number of aromatic nitrogens is 1. The first-order valence-corrected chi connectivity index (χ1v) is 5.21. The highest BCUT2D eigenvalue weighted by atomic mass is 19.1. The Kier molecular flexibility index (Phi) is 3.50. The first-order valence-electron chi connectivity index (χ1n) is 5.21. The Morgan fingerprint density at radius 2 is 2.00 bits per heavy atom. The molecule has 0 aliphatic rings. The van der Waals surface area contributed by atoms with E-state index >= 15 is 0 Å². The van der Waals surface area contributed by atoms with Gasteiger partial charge in [0, 0.05) is 18.0 Å². The molecule has 1 heterocycles. The van der Waals surface area contributed by atoms with Crippen molar-refractivity contribution in [1.29, 1.82) is 0 Å². The van der Waals surface area contributed by atoms with E-state index in [1.807, 2.05) is 0 Å². The SMILES string of the molecule is COc1ccc(C=C(F)c2cccnc2)cc1. The third-order valence-electron chi connectivity index (χ3n) is 2.35. The highest BCUT2D eigenvalue weighted by Gasteiger charge is 2.00. The minimum atomic E-state index is -0.303. The zero-order valence-corrected chi connectivity index (χ0v) is 9.43. The lowest BCUT2D eigenvalue weighted by atomic mass is 10.1. The summed E-state index contributed by atoms with van der Waals surface area (Å²) in [6.07, 6.45) is 4.58. The summed E-state index contributed by atoms with van der Waals surface area (Å²) in [5.41, 5.74) is 1.26. The van der Waals surface area contributed by atoms with Crippen molar-refractivity contribution in [1.82, 2.24) is 4.98 Å². The van der Waals surface area contributed by atoms with Crippen molar-refractivity contribution >= 4 is 11.9 Å². The second-order valence-electron chi connectivity index (χ2n) is 3.51. The predicted molar refractivity (Wildman–Crippen MR) is 66.2 cm³/mol. The van der Waals surface area contributed by atoms with E-state index in [-0.39, 0.29) is 5.83 Å². The van der Waals surface area contributed by atoms with E-state index in [0.717, 1.165) is 11.3 Å². The molecular formula is C14H12FNO. The summed E-state index contributed by atoms with van der Waals surface area (Å²) in [5, 5.41) is 0. The van der Waals surface area contributed by atoms with Crippen LogP contribution in [0.1, 0.15) is 11.1 Å². The van der Waals surface area contributed by atoms with Crippen LogP contribution in [0.2, 0.25) is 0 Å². The van der Waals surface area contributed by atoms with Gasteiger partial charge in [0.05, 0.1) is 7.11 Å². The average Bonchev–Trinajstić information content (AvgIpc) is 2.40. The van der Waals surface area contributed by atoms with Gasteiger partial charge >= 0.3 is 0 Å². The van der Waals surface area contributed by atoms with E-state index in [2.05, 4.69) is 4.98 Å². The molecule has 0 spiro atoms. The molecule has 2 aromatic rings. The first kappa shape index (κ1) is 11.3. The summed E-state index contributed by atoms with van der Waals surface area (Å²) in [7, 11) is 1.60. The topological polar surface area (TPSA) is 22.1 Å². The Hall–Kier alpha value is -2.16. The van der Waals surface area contributed by atoms with Gasteiger partial charge < -0.3 is 4.74 Å². The number of pyridine rings is 1. The number of rotatable bonds is 3. The zero-order chi connectivity index (χ0) is 12.1. The third-order valence-corrected chi connectivity index (χ3v) is 2.35. The van der Waals surface area contributed by atoms with E-state index in [1.165, 1.54) is 12.3 Å². The Morgan fingerprint density at radius 3 is 2.59 bits per heavy atom. The Labute approximate surface area is 99.4 Å². The minimum absolute atomic E-state index is 0.303. The van der Waals surface area contributed by atoms with Crippen LogP contribution in [0, 0.1) is 0 Å². The number of benzene rings is 1. The molecule has 2 rings (SSSR count). The highest BCUT2D eigenvalue weighted by Crippen LogP contribution is 2.20. The molecule has 0 amide bonds. The van der Waals surface area contributed by atoms with Crippen LogP contribution in [0.4, 0.5) is 4.39 Å². The fourth-order valence-electron chi connectivity index (χ4n) is 1.43. The summed E-state index contributed by atoms with van der Waals surface area (Å²) < 4.78 is 18.8. The average molecular weight is 229 g/mol. The maximum Gasteiger partial charge on any atom is 0.132 e. The molecule has 3 heteroatoms. The van der Waals surface area contributed by atoms with E-state index in [0.29, 0.717) is 5.56 Å². The molecule has 0 aliphatic carbocycles. The summed E-state index contributed by atoms with van der Waals surface area (Å²) in [6, 6.07) is 10.6. The Morgan fingerprint density at radius 1 is 1.24 bits per heavy atom. The minimum Gasteiger partial charge on any atom is -0.497 e. The predicted octanol–water partition coefficient (Wildman–Crippen LogP) is 3.56. The van der Waals surface area contributed by atoms with Crippen LogP contribution < -0.4 is 4.74 Å². The standard InChI is InChI=1S/C14H12FNO/c1-17-13-6-4-11(5-7-13)9-14(15)12-3-2-8-16-10-12/h2-10H,1H3. The second kappa shape index (κ2) is 5.25. The van der Waals surface area contributed by atoms with Crippen molar-refractivity contribution < 1.29 is 9.13 Å². The molecule has 0 saturated heterocycles. The molecule has 0 atom stereocenters. The lowest BCUT2D eigenvalue weighted by Crippen LogP contribution is -1.83. The number of halogens is 1. The lowest BCUT2D eigenvalue weighted by molar-refractivity contribution is 0.415. The largest absolute Gasteiger partial charge is 0.497 e. The van der Waals surface area contributed by atoms with Gasteiger partial charge in [-0.15, -0.1) is 0 Å². The summed E-state index contributed by atoms with van der Waals surface area (Å²) in [5.74, 6) is 0.451. The molecule has 1 aromatic carbocycles. The van der Waals surface area contributed by atoms with Crippen molar-refractivity contribution in [2.45, 2.75) is 0 Å². The fourth-order valence-corrected chi connectivity index (χ4v) is 1.43. The lowest BCUT2D eigenvalue weighted by Gasteiger charge is -2.00. The van der Waals surface area contributed by atoms with Crippen LogP contribution in [-0.4, -0.2) is 12.1 Å². The van der Waals surface area contributed by atoms with E-state index in [1.54, 1.807) is 49.7 Å². The Bertz CT molecular complexity index is 506. The van der Waals surface area contributed by atoms with Crippen molar-refractivity contribution in [3.63, 3.8) is 0 Å². The van der Waals surface area contributed by atoms with Crippen LogP contribution in [0.3, 0.4) is 0 Å². The second-order valence-corrected chi connectivity index (χ2v) is 3.51. The number of nitrogens with zero attached hydrogens (tertiary/aromatic N) is 1. The molecular weight excluding hydrogens is 217 g/mol. The summed E-state index contributed by atoms with van der Waals surface area (Å²) in [6.45, 7) is 0. The molecule has 0 bridgehead atoms. The van der Waals surface area contributed by atoms with Crippen molar-refractivity contribution in [2.75, 3.05) is 7.11 Å². The summed E-state index contributed by atoms with van der Waals surface area (Å²) in [4.78, 5) is 3.87. The normalized spacial score (nSPS) is 11.3. The number of methoxy groups -OCH3 is 1. The van der Waals surface area contributed by atoms with Crippen LogP contribution >= 0.6 is 0 Å². The van der Waals surface area contributed by atoms with Crippen LogP contribution in [0.25, 0.3) is 11.9 Å². The first-order chi connectivity index (χ1) is 8.29. The number of ether oxygens (including phenoxy) is 1. The van der Waals surface area contributed by atoms with Gasteiger partial charge in [-0.25, -0.2) is 4.39 Å². The molecule has 0 fully saturated rings. The maximum absolute atomic E-state index is 13.8. The van der Waals surface area contributed by atoms with E-state index in [4.69, 9.17) is 4.74 Å². The highest BCUT2D eigenvalue weighted by molar-refractivity contribution is 5.76. The number of hydrogen-bond acceptors (Lipinski definition) is 2. The molecule has 0 unspecified atom stereocenters. The van der Waals surface area contributed by atoms with Crippen molar-refractivity contribution in [2.24, 2.45) is 0 Å². The Balaban J connectivity index is 2.23. The van der Waals surface area contributed by atoms with Gasteiger partial charge in [0.1, 0.15) is 11.6 Å². The molecule has 86 valence electrons. The monoisotopic (exact) mass is 229 g/mol. The smallest absolute Gasteiger partial charge is 0.132 e. The maximum atomic E-state index is 13.8.